The number of benzene rings is 2. The van der Waals surface area contributed by atoms with E-state index in [-0.39, 0.29) is 24.5 Å². The first-order valence-corrected chi connectivity index (χ1v) is 9.43. The highest BCUT2D eigenvalue weighted by Crippen LogP contribution is 2.25. The lowest BCUT2D eigenvalue weighted by Gasteiger charge is -2.14. The molecule has 3 rings (SSSR count). The number of nitrogens with one attached hydrogen (secondary N) is 2. The van der Waals surface area contributed by atoms with Crippen LogP contribution in [0.5, 0.6) is 5.75 Å². The van der Waals surface area contributed by atoms with Crippen molar-refractivity contribution in [3.05, 3.63) is 59.2 Å². The summed E-state index contributed by atoms with van der Waals surface area (Å²) in [5.41, 5.74) is 3.26. The van der Waals surface area contributed by atoms with Gasteiger partial charge in [0.05, 0.1) is 12.6 Å². The molecular weight excluding hydrogens is 340 g/mol. The molecule has 1 aliphatic rings. The largest absolute Gasteiger partial charge is 0.490 e. The summed E-state index contributed by atoms with van der Waals surface area (Å²) in [4.78, 5) is 24.4. The lowest BCUT2D eigenvalue weighted by atomic mass is 10.1. The lowest BCUT2D eigenvalue weighted by molar-refractivity contribution is -0.115. The first kappa shape index (κ1) is 19.0. The summed E-state index contributed by atoms with van der Waals surface area (Å²) in [7, 11) is 0. The molecule has 1 saturated carbocycles. The van der Waals surface area contributed by atoms with Gasteiger partial charge in [-0.3, -0.25) is 9.59 Å². The van der Waals surface area contributed by atoms with E-state index in [1.807, 2.05) is 56.3 Å². The second-order valence-corrected chi connectivity index (χ2v) is 7.16. The molecule has 0 heterocycles. The van der Waals surface area contributed by atoms with E-state index in [0.717, 1.165) is 29.7 Å². The monoisotopic (exact) mass is 366 g/mol. The summed E-state index contributed by atoms with van der Waals surface area (Å²) in [6.45, 7) is 3.80. The molecule has 5 nitrogen and oxygen atoms in total. The van der Waals surface area contributed by atoms with Crippen LogP contribution in [0.1, 0.15) is 47.2 Å². The summed E-state index contributed by atoms with van der Waals surface area (Å²) >= 11 is 0. The number of aryl methyl sites for hydroxylation is 2. The molecule has 142 valence electrons. The van der Waals surface area contributed by atoms with E-state index in [4.69, 9.17) is 4.74 Å². The molecule has 0 radical (unpaired) electrons. The fraction of sp³-hybridized carbons (Fsp3) is 0.364. The van der Waals surface area contributed by atoms with E-state index < -0.39 is 0 Å². The van der Waals surface area contributed by atoms with Crippen molar-refractivity contribution in [2.24, 2.45) is 0 Å². The van der Waals surface area contributed by atoms with Gasteiger partial charge in [0.25, 0.3) is 5.91 Å². The van der Waals surface area contributed by atoms with Gasteiger partial charge in [0.15, 0.2) is 0 Å². The number of carbonyl (C=O) groups is 2. The van der Waals surface area contributed by atoms with Crippen molar-refractivity contribution in [3.63, 3.8) is 0 Å². The summed E-state index contributed by atoms with van der Waals surface area (Å²) in [6.07, 6.45) is 4.86. The topological polar surface area (TPSA) is 67.4 Å². The van der Waals surface area contributed by atoms with Crippen LogP contribution in [-0.4, -0.2) is 24.5 Å². The minimum Gasteiger partial charge on any atom is -0.490 e. The molecule has 2 amide bonds. The SMILES string of the molecule is Cc1cc(C)cc(C(=O)NCC(=O)Nc2cccc(OC3CCCC3)c2)c1. The van der Waals surface area contributed by atoms with E-state index in [1.54, 1.807) is 0 Å². The fourth-order valence-electron chi connectivity index (χ4n) is 3.42. The quantitative estimate of drug-likeness (QED) is 0.812. The number of carbonyl (C=O) groups excluding carboxylic acids is 2. The van der Waals surface area contributed by atoms with E-state index in [2.05, 4.69) is 10.6 Å². The van der Waals surface area contributed by atoms with Crippen LogP contribution >= 0.6 is 0 Å². The minimum atomic E-state index is -0.272. The molecule has 2 aromatic rings. The first-order valence-electron chi connectivity index (χ1n) is 9.43. The highest BCUT2D eigenvalue weighted by atomic mass is 16.5. The molecule has 0 atom stereocenters. The number of hydrogen-bond acceptors (Lipinski definition) is 3. The summed E-state index contributed by atoms with van der Waals surface area (Å²) < 4.78 is 5.95. The number of ether oxygens (including phenoxy) is 1. The molecule has 0 aromatic heterocycles. The van der Waals surface area contributed by atoms with E-state index >= 15 is 0 Å². The molecule has 0 aliphatic heterocycles. The van der Waals surface area contributed by atoms with Crippen LogP contribution in [0, 0.1) is 13.8 Å². The van der Waals surface area contributed by atoms with E-state index in [0.29, 0.717) is 11.3 Å². The molecule has 2 aromatic carbocycles. The Kier molecular flexibility index (Phi) is 6.12. The van der Waals surface area contributed by atoms with Crippen LogP contribution in [0.2, 0.25) is 0 Å². The van der Waals surface area contributed by atoms with Crippen LogP contribution < -0.4 is 15.4 Å². The van der Waals surface area contributed by atoms with Crippen molar-refractivity contribution in [3.8, 4) is 5.75 Å². The third kappa shape index (κ3) is 5.58. The van der Waals surface area contributed by atoms with Gasteiger partial charge in [-0.05, 0) is 63.8 Å². The Morgan fingerprint density at radius 1 is 1.04 bits per heavy atom. The Balaban J connectivity index is 1.52. The maximum atomic E-state index is 12.2. The van der Waals surface area contributed by atoms with Crippen LogP contribution in [0.3, 0.4) is 0 Å². The molecule has 27 heavy (non-hydrogen) atoms. The third-order valence-electron chi connectivity index (χ3n) is 4.62. The zero-order chi connectivity index (χ0) is 19.2. The minimum absolute atomic E-state index is 0.0838. The van der Waals surface area contributed by atoms with Crippen molar-refractivity contribution in [2.75, 3.05) is 11.9 Å². The van der Waals surface area contributed by atoms with Gasteiger partial charge in [-0.2, -0.15) is 0 Å². The van der Waals surface area contributed by atoms with E-state index in [9.17, 15) is 9.59 Å². The van der Waals surface area contributed by atoms with Gasteiger partial charge in [0, 0.05) is 17.3 Å². The van der Waals surface area contributed by atoms with Crippen molar-refractivity contribution < 1.29 is 14.3 Å². The van der Waals surface area contributed by atoms with Crippen LogP contribution in [0.15, 0.2) is 42.5 Å². The van der Waals surface area contributed by atoms with Gasteiger partial charge in [0.1, 0.15) is 5.75 Å². The zero-order valence-electron chi connectivity index (χ0n) is 15.9. The number of rotatable bonds is 6. The number of amides is 2. The number of anilines is 1. The first-order chi connectivity index (χ1) is 13.0. The van der Waals surface area contributed by atoms with Gasteiger partial charge < -0.3 is 15.4 Å². The summed E-state index contributed by atoms with van der Waals surface area (Å²) in [6, 6.07) is 13.0. The predicted octanol–water partition coefficient (Wildman–Crippen LogP) is 3.99. The maximum Gasteiger partial charge on any atom is 0.251 e. The predicted molar refractivity (Wildman–Crippen MR) is 106 cm³/mol. The second-order valence-electron chi connectivity index (χ2n) is 7.16. The summed E-state index contributed by atoms with van der Waals surface area (Å²) in [5.74, 6) is 0.236. The average molecular weight is 366 g/mol. The highest BCUT2D eigenvalue weighted by Gasteiger charge is 2.16. The Hall–Kier alpha value is -2.82. The molecular formula is C22H26N2O3. The van der Waals surface area contributed by atoms with Gasteiger partial charge in [-0.15, -0.1) is 0 Å². The second kappa shape index (κ2) is 8.71. The van der Waals surface area contributed by atoms with Gasteiger partial charge in [-0.25, -0.2) is 0 Å². The molecule has 0 unspecified atom stereocenters. The van der Waals surface area contributed by atoms with Crippen LogP contribution in [0.4, 0.5) is 5.69 Å². The molecule has 0 saturated heterocycles. The zero-order valence-corrected chi connectivity index (χ0v) is 15.9. The van der Waals surface area contributed by atoms with Crippen LogP contribution in [-0.2, 0) is 4.79 Å². The molecule has 0 spiro atoms. The standard InChI is InChI=1S/C22H26N2O3/c1-15-10-16(2)12-17(11-15)22(26)23-14-21(25)24-18-6-5-9-20(13-18)27-19-7-3-4-8-19/h5-6,9-13,19H,3-4,7-8,14H2,1-2H3,(H,23,26)(H,24,25). The van der Waals surface area contributed by atoms with Crippen molar-refractivity contribution in [1.29, 1.82) is 0 Å². The Bertz CT molecular complexity index is 806. The third-order valence-corrected chi connectivity index (χ3v) is 4.62. The number of hydrogen-bond donors (Lipinski definition) is 2. The molecule has 5 heteroatoms. The van der Waals surface area contributed by atoms with Crippen molar-refractivity contribution >= 4 is 17.5 Å². The Morgan fingerprint density at radius 2 is 1.74 bits per heavy atom. The maximum absolute atomic E-state index is 12.2. The van der Waals surface area contributed by atoms with Gasteiger partial charge >= 0.3 is 0 Å². The Labute approximate surface area is 160 Å². The fourth-order valence-corrected chi connectivity index (χ4v) is 3.42. The molecule has 0 bridgehead atoms. The molecule has 1 fully saturated rings. The Morgan fingerprint density at radius 3 is 2.44 bits per heavy atom. The van der Waals surface area contributed by atoms with Crippen molar-refractivity contribution in [1.82, 2.24) is 5.32 Å². The van der Waals surface area contributed by atoms with E-state index in [1.165, 1.54) is 12.8 Å². The van der Waals surface area contributed by atoms with Crippen LogP contribution in [0.25, 0.3) is 0 Å². The smallest absolute Gasteiger partial charge is 0.251 e. The highest BCUT2D eigenvalue weighted by molar-refractivity contribution is 5.99. The normalized spacial score (nSPS) is 14.0. The summed E-state index contributed by atoms with van der Waals surface area (Å²) in [5, 5.41) is 5.47. The average Bonchev–Trinajstić information content (AvgIpc) is 3.12. The lowest BCUT2D eigenvalue weighted by Crippen LogP contribution is -2.32. The molecule has 1 aliphatic carbocycles. The molecule has 2 N–H and O–H groups in total. The van der Waals surface area contributed by atoms with Crippen molar-refractivity contribution in [2.45, 2.75) is 45.6 Å². The van der Waals surface area contributed by atoms with Gasteiger partial charge in [0.2, 0.25) is 5.91 Å². The van der Waals surface area contributed by atoms with Gasteiger partial charge in [-0.1, -0.05) is 23.3 Å².